The number of carbonyl (C=O) groups excluding carboxylic acids is 1. The first-order valence-electron chi connectivity index (χ1n) is 13.1. The largest absolute Gasteiger partial charge is 0.496 e. The van der Waals surface area contributed by atoms with E-state index in [1.807, 2.05) is 48.5 Å². The number of aromatic amines is 1. The number of hydrogen-bond donors (Lipinski definition) is 1. The summed E-state index contributed by atoms with van der Waals surface area (Å²) in [7, 11) is 1.68. The van der Waals surface area contributed by atoms with Gasteiger partial charge >= 0.3 is 0 Å². The van der Waals surface area contributed by atoms with Crippen LogP contribution in [0.3, 0.4) is 0 Å². The summed E-state index contributed by atoms with van der Waals surface area (Å²) < 4.78 is 16.6. The Hall–Kier alpha value is -3.88. The smallest absolute Gasteiger partial charge is 0.167 e. The zero-order chi connectivity index (χ0) is 25.9. The van der Waals surface area contributed by atoms with Gasteiger partial charge in [-0.25, -0.2) is 4.98 Å². The molecule has 2 aliphatic heterocycles. The van der Waals surface area contributed by atoms with Gasteiger partial charge in [-0.1, -0.05) is 6.07 Å². The molecule has 8 heteroatoms. The highest BCUT2D eigenvalue weighted by Crippen LogP contribution is 2.33. The molecule has 2 aliphatic rings. The first-order chi connectivity index (χ1) is 18.7. The van der Waals surface area contributed by atoms with Crippen LogP contribution in [0, 0.1) is 0 Å². The SMILES string of the molecule is COc1cc(N2CCOCC2)ccc1-c1nc2ccc(CC(=O)c3ccc(N4CCOCC4)cc3)cc2[nH]1. The lowest BCUT2D eigenvalue weighted by atomic mass is 10.0. The van der Waals surface area contributed by atoms with Gasteiger partial charge in [0.25, 0.3) is 0 Å². The summed E-state index contributed by atoms with van der Waals surface area (Å²) in [4.78, 5) is 25.8. The molecular weight excluding hydrogens is 480 g/mol. The molecule has 0 spiro atoms. The normalized spacial score (nSPS) is 16.1. The molecule has 1 aromatic heterocycles. The number of ether oxygens (including phenoxy) is 3. The lowest BCUT2D eigenvalue weighted by Crippen LogP contribution is -2.36. The minimum absolute atomic E-state index is 0.0954. The molecular formula is C30H32N4O4. The summed E-state index contributed by atoms with van der Waals surface area (Å²) in [6.07, 6.45) is 0.332. The van der Waals surface area contributed by atoms with Crippen LogP contribution < -0.4 is 14.5 Å². The summed E-state index contributed by atoms with van der Waals surface area (Å²) in [5.74, 6) is 1.61. The molecule has 6 rings (SSSR count). The van der Waals surface area contributed by atoms with Gasteiger partial charge in [-0.15, -0.1) is 0 Å². The average molecular weight is 513 g/mol. The third-order valence-corrected chi connectivity index (χ3v) is 7.29. The second kappa shape index (κ2) is 10.8. The van der Waals surface area contributed by atoms with E-state index in [0.717, 1.165) is 103 Å². The number of Topliss-reactive ketones (excluding diaryl/α,β-unsaturated/α-hetero) is 1. The number of carbonyl (C=O) groups is 1. The average Bonchev–Trinajstić information content (AvgIpc) is 3.41. The van der Waals surface area contributed by atoms with Crippen molar-refractivity contribution in [2.45, 2.75) is 6.42 Å². The Morgan fingerprint density at radius 1 is 0.868 bits per heavy atom. The van der Waals surface area contributed by atoms with E-state index in [1.54, 1.807) is 7.11 Å². The molecule has 1 N–H and O–H groups in total. The van der Waals surface area contributed by atoms with Gasteiger partial charge in [0.1, 0.15) is 11.6 Å². The number of benzene rings is 3. The number of methoxy groups -OCH3 is 1. The molecule has 38 heavy (non-hydrogen) atoms. The number of ketones is 1. The maximum atomic E-state index is 13.0. The van der Waals surface area contributed by atoms with Gasteiger partial charge in [-0.2, -0.15) is 0 Å². The number of H-pyrrole nitrogens is 1. The number of morpholine rings is 2. The number of rotatable bonds is 7. The monoisotopic (exact) mass is 512 g/mol. The van der Waals surface area contributed by atoms with Crippen molar-refractivity contribution in [2.24, 2.45) is 0 Å². The third-order valence-electron chi connectivity index (χ3n) is 7.29. The van der Waals surface area contributed by atoms with Gasteiger partial charge in [0.15, 0.2) is 5.78 Å². The van der Waals surface area contributed by atoms with Crippen LogP contribution in [0.1, 0.15) is 15.9 Å². The fraction of sp³-hybridized carbons (Fsp3) is 0.333. The molecule has 0 saturated carbocycles. The van der Waals surface area contributed by atoms with Crippen molar-refractivity contribution in [3.05, 3.63) is 71.8 Å². The Morgan fingerprint density at radius 2 is 1.53 bits per heavy atom. The zero-order valence-electron chi connectivity index (χ0n) is 21.6. The fourth-order valence-electron chi connectivity index (χ4n) is 5.16. The molecule has 2 fully saturated rings. The predicted octanol–water partition coefficient (Wildman–Crippen LogP) is 4.34. The first-order valence-corrected chi connectivity index (χ1v) is 13.1. The fourth-order valence-corrected chi connectivity index (χ4v) is 5.16. The number of nitrogens with zero attached hydrogens (tertiary/aromatic N) is 3. The Labute approximate surface area is 222 Å². The van der Waals surface area contributed by atoms with Crippen molar-refractivity contribution in [2.75, 3.05) is 69.5 Å². The van der Waals surface area contributed by atoms with E-state index in [2.05, 4.69) is 26.9 Å². The molecule has 0 aliphatic carbocycles. The number of hydrogen-bond acceptors (Lipinski definition) is 7. The van der Waals surface area contributed by atoms with Gasteiger partial charge in [0.05, 0.1) is 50.1 Å². The summed E-state index contributed by atoms with van der Waals surface area (Å²) >= 11 is 0. The topological polar surface area (TPSA) is 79.9 Å². The van der Waals surface area contributed by atoms with Crippen LogP contribution in [0.2, 0.25) is 0 Å². The van der Waals surface area contributed by atoms with Crippen LogP contribution in [-0.2, 0) is 15.9 Å². The molecule has 4 aromatic rings. The molecule has 2 saturated heterocycles. The van der Waals surface area contributed by atoms with Crippen LogP contribution >= 0.6 is 0 Å². The van der Waals surface area contributed by atoms with Gasteiger partial charge in [0.2, 0.25) is 0 Å². The second-order valence-electron chi connectivity index (χ2n) is 9.67. The Kier molecular flexibility index (Phi) is 6.98. The number of nitrogens with one attached hydrogen (secondary N) is 1. The van der Waals surface area contributed by atoms with Crippen LogP contribution in [0.4, 0.5) is 11.4 Å². The van der Waals surface area contributed by atoms with Crippen molar-refractivity contribution >= 4 is 28.2 Å². The third kappa shape index (κ3) is 5.10. The maximum absolute atomic E-state index is 13.0. The Balaban J connectivity index is 1.18. The lowest BCUT2D eigenvalue weighted by molar-refractivity contribution is 0.0993. The second-order valence-corrected chi connectivity index (χ2v) is 9.67. The molecule has 0 unspecified atom stereocenters. The van der Waals surface area contributed by atoms with Crippen molar-refractivity contribution in [1.29, 1.82) is 0 Å². The van der Waals surface area contributed by atoms with Gasteiger partial charge in [-0.05, 0) is 54.1 Å². The van der Waals surface area contributed by atoms with Crippen molar-refractivity contribution in [3.8, 4) is 17.1 Å². The first kappa shape index (κ1) is 24.5. The van der Waals surface area contributed by atoms with Gasteiger partial charge in [-0.3, -0.25) is 4.79 Å². The van der Waals surface area contributed by atoms with Crippen LogP contribution in [0.5, 0.6) is 5.75 Å². The van der Waals surface area contributed by atoms with E-state index in [9.17, 15) is 4.79 Å². The molecule has 3 aromatic carbocycles. The van der Waals surface area contributed by atoms with Crippen molar-refractivity contribution < 1.29 is 19.0 Å². The van der Waals surface area contributed by atoms with Gasteiger partial charge in [0, 0.05) is 55.6 Å². The number of anilines is 2. The molecule has 0 radical (unpaired) electrons. The maximum Gasteiger partial charge on any atom is 0.167 e. The molecule has 8 nitrogen and oxygen atoms in total. The van der Waals surface area contributed by atoms with Crippen LogP contribution in [0.15, 0.2) is 60.7 Å². The number of fused-ring (bicyclic) bond motifs is 1. The summed E-state index contributed by atoms with van der Waals surface area (Å²) in [5, 5.41) is 0. The van der Waals surface area contributed by atoms with E-state index in [-0.39, 0.29) is 5.78 Å². The lowest BCUT2D eigenvalue weighted by Gasteiger charge is -2.29. The predicted molar refractivity (Wildman–Crippen MR) is 149 cm³/mol. The zero-order valence-corrected chi connectivity index (χ0v) is 21.6. The summed E-state index contributed by atoms with van der Waals surface area (Å²) in [6.45, 7) is 6.44. The minimum atomic E-state index is 0.0954. The molecule has 0 bridgehead atoms. The number of imidazole rings is 1. The molecule has 196 valence electrons. The highest BCUT2D eigenvalue weighted by molar-refractivity contribution is 5.98. The summed E-state index contributed by atoms with van der Waals surface area (Å²) in [6, 6.07) is 20.1. The Bertz CT molecular complexity index is 1420. The standard InChI is InChI=1S/C30H32N4O4/c1-36-29-20-24(34-12-16-38-17-13-34)7-8-25(29)30-31-26-9-2-21(18-27(26)32-30)19-28(35)22-3-5-23(6-4-22)33-10-14-37-15-11-33/h2-9,18,20H,10-17,19H2,1H3,(H,31,32). The van der Waals surface area contributed by atoms with Gasteiger partial charge < -0.3 is 29.0 Å². The van der Waals surface area contributed by atoms with Crippen LogP contribution in [-0.4, -0.2) is 75.5 Å². The minimum Gasteiger partial charge on any atom is -0.496 e. The number of aromatic nitrogens is 2. The molecule has 3 heterocycles. The summed E-state index contributed by atoms with van der Waals surface area (Å²) in [5.41, 5.74) is 6.56. The van der Waals surface area contributed by atoms with E-state index < -0.39 is 0 Å². The highest BCUT2D eigenvalue weighted by Gasteiger charge is 2.17. The quantitative estimate of drug-likeness (QED) is 0.369. The molecule has 0 amide bonds. The van der Waals surface area contributed by atoms with E-state index in [0.29, 0.717) is 6.42 Å². The van der Waals surface area contributed by atoms with E-state index in [1.165, 1.54) is 0 Å². The molecule has 0 atom stereocenters. The van der Waals surface area contributed by atoms with E-state index >= 15 is 0 Å². The van der Waals surface area contributed by atoms with Crippen molar-refractivity contribution in [1.82, 2.24) is 9.97 Å². The van der Waals surface area contributed by atoms with E-state index in [4.69, 9.17) is 19.2 Å². The highest BCUT2D eigenvalue weighted by atomic mass is 16.5. The Morgan fingerprint density at radius 3 is 2.21 bits per heavy atom. The van der Waals surface area contributed by atoms with Crippen LogP contribution in [0.25, 0.3) is 22.4 Å². The van der Waals surface area contributed by atoms with Crippen molar-refractivity contribution in [3.63, 3.8) is 0 Å².